The Morgan fingerprint density at radius 1 is 1.45 bits per heavy atom. The van der Waals surface area contributed by atoms with Crippen LogP contribution in [0.5, 0.6) is 0 Å². The molecule has 0 aliphatic carbocycles. The van der Waals surface area contributed by atoms with Crippen LogP contribution in [0.15, 0.2) is 12.2 Å². The number of Topliss-reactive ketones (excluding diaryl/α,β-unsaturated/α-hetero) is 1. The van der Waals surface area contributed by atoms with E-state index in [0.29, 0.717) is 5.57 Å². The van der Waals surface area contributed by atoms with Crippen molar-refractivity contribution in [3.05, 3.63) is 12.2 Å². The molecular weight excluding hydrogens is 140 g/mol. The van der Waals surface area contributed by atoms with Gasteiger partial charge in [0.05, 0.1) is 11.5 Å². The maximum Gasteiger partial charge on any atom is 0.139 e. The monoisotopic (exact) mass is 156 g/mol. The summed E-state index contributed by atoms with van der Waals surface area (Å²) >= 11 is 0. The predicted molar refractivity (Wildman–Crippen MR) is 45.3 cm³/mol. The fraction of sp³-hybridized carbons (Fsp3) is 0.667. The zero-order valence-electron chi connectivity index (χ0n) is 7.64. The molecule has 0 fully saturated rings. The third kappa shape index (κ3) is 2.85. The molecule has 2 nitrogen and oxygen atoms in total. The molecule has 64 valence electrons. The highest BCUT2D eigenvalue weighted by atomic mass is 16.3. The molecule has 0 aromatic carbocycles. The molecule has 2 heteroatoms. The fourth-order valence-corrected chi connectivity index (χ4v) is 1.45. The Morgan fingerprint density at radius 2 is 1.82 bits per heavy atom. The van der Waals surface area contributed by atoms with E-state index in [1.807, 2.05) is 0 Å². The van der Waals surface area contributed by atoms with Gasteiger partial charge < -0.3 is 5.11 Å². The molecule has 0 heterocycles. The lowest BCUT2D eigenvalue weighted by atomic mass is 9.83. The van der Waals surface area contributed by atoms with Gasteiger partial charge in [-0.15, -0.1) is 0 Å². The van der Waals surface area contributed by atoms with Gasteiger partial charge in [-0.05, 0) is 27.7 Å². The molecule has 1 atom stereocenters. The summed E-state index contributed by atoms with van der Waals surface area (Å²) in [7, 11) is 0. The lowest BCUT2D eigenvalue weighted by molar-refractivity contribution is -0.125. The van der Waals surface area contributed by atoms with Crippen molar-refractivity contribution < 1.29 is 9.90 Å². The molecule has 0 aromatic heterocycles. The maximum atomic E-state index is 11.0. The molecule has 0 saturated carbocycles. The van der Waals surface area contributed by atoms with Crippen LogP contribution in [-0.2, 0) is 4.79 Å². The summed E-state index contributed by atoms with van der Waals surface area (Å²) in [5.74, 6) is -0.479. The van der Waals surface area contributed by atoms with Crippen LogP contribution in [0, 0.1) is 5.92 Å². The van der Waals surface area contributed by atoms with Crippen LogP contribution < -0.4 is 0 Å². The van der Waals surface area contributed by atoms with E-state index in [0.717, 1.165) is 0 Å². The van der Waals surface area contributed by atoms with Gasteiger partial charge in [0.2, 0.25) is 0 Å². The Morgan fingerprint density at radius 3 is 1.82 bits per heavy atom. The summed E-state index contributed by atoms with van der Waals surface area (Å²) in [5.41, 5.74) is -0.275. The second-order valence-corrected chi connectivity index (χ2v) is 3.54. The average Bonchev–Trinajstić information content (AvgIpc) is 1.54. The van der Waals surface area contributed by atoms with Crippen molar-refractivity contribution in [3.8, 4) is 0 Å². The molecule has 0 amide bonds. The van der Waals surface area contributed by atoms with Gasteiger partial charge in [-0.1, -0.05) is 12.2 Å². The highest BCUT2D eigenvalue weighted by Crippen LogP contribution is 2.23. The molecule has 0 aromatic rings. The minimum atomic E-state index is -0.988. The van der Waals surface area contributed by atoms with Crippen LogP contribution in [0.4, 0.5) is 0 Å². The van der Waals surface area contributed by atoms with Gasteiger partial charge in [-0.3, -0.25) is 4.79 Å². The van der Waals surface area contributed by atoms with E-state index in [1.165, 1.54) is 6.92 Å². The zero-order valence-corrected chi connectivity index (χ0v) is 7.64. The normalized spacial score (nSPS) is 14.3. The number of carbonyl (C=O) groups is 1. The molecular formula is C9H16O2. The largest absolute Gasteiger partial charge is 0.389 e. The Labute approximate surface area is 67.9 Å². The second kappa shape index (κ2) is 3.18. The zero-order chi connectivity index (χ0) is 9.23. The van der Waals surface area contributed by atoms with Gasteiger partial charge in [0.1, 0.15) is 5.78 Å². The van der Waals surface area contributed by atoms with E-state index in [2.05, 4.69) is 6.58 Å². The summed E-state index contributed by atoms with van der Waals surface area (Å²) in [6.07, 6.45) is 0. The van der Waals surface area contributed by atoms with Gasteiger partial charge in [-0.25, -0.2) is 0 Å². The third-order valence-electron chi connectivity index (χ3n) is 1.61. The van der Waals surface area contributed by atoms with Gasteiger partial charge >= 0.3 is 0 Å². The van der Waals surface area contributed by atoms with Crippen LogP contribution in [0.2, 0.25) is 0 Å². The van der Waals surface area contributed by atoms with Crippen molar-refractivity contribution in [3.63, 3.8) is 0 Å². The van der Waals surface area contributed by atoms with Crippen molar-refractivity contribution in [1.29, 1.82) is 0 Å². The van der Waals surface area contributed by atoms with Crippen LogP contribution in [0.25, 0.3) is 0 Å². The molecule has 1 unspecified atom stereocenters. The van der Waals surface area contributed by atoms with E-state index in [1.54, 1.807) is 20.8 Å². The maximum absolute atomic E-state index is 11.0. The summed E-state index contributed by atoms with van der Waals surface area (Å²) in [5, 5.41) is 9.54. The molecule has 0 saturated heterocycles. The average molecular weight is 156 g/mol. The van der Waals surface area contributed by atoms with Gasteiger partial charge in [0.15, 0.2) is 0 Å². The van der Waals surface area contributed by atoms with Crippen molar-refractivity contribution >= 4 is 5.78 Å². The summed E-state index contributed by atoms with van der Waals surface area (Å²) in [6.45, 7) is 10.1. The van der Waals surface area contributed by atoms with Crippen molar-refractivity contribution in [2.24, 2.45) is 5.92 Å². The van der Waals surface area contributed by atoms with Crippen molar-refractivity contribution in [2.45, 2.75) is 33.3 Å². The van der Waals surface area contributed by atoms with E-state index in [9.17, 15) is 9.90 Å². The molecule has 0 bridgehead atoms. The first-order valence-corrected chi connectivity index (χ1v) is 3.65. The molecule has 0 rings (SSSR count). The van der Waals surface area contributed by atoms with Crippen molar-refractivity contribution in [2.75, 3.05) is 0 Å². The van der Waals surface area contributed by atoms with Crippen LogP contribution in [0.3, 0.4) is 0 Å². The van der Waals surface area contributed by atoms with Gasteiger partial charge in [-0.2, -0.15) is 0 Å². The molecule has 11 heavy (non-hydrogen) atoms. The molecule has 0 spiro atoms. The number of hydrogen-bond donors (Lipinski definition) is 1. The lowest BCUT2D eigenvalue weighted by Gasteiger charge is -2.27. The SMILES string of the molecule is C=C(C)C(C(C)=O)C(C)(C)O. The van der Waals surface area contributed by atoms with Crippen LogP contribution in [0.1, 0.15) is 27.7 Å². The minimum Gasteiger partial charge on any atom is -0.389 e. The number of hydrogen-bond acceptors (Lipinski definition) is 2. The topological polar surface area (TPSA) is 37.3 Å². The van der Waals surface area contributed by atoms with Gasteiger partial charge in [0, 0.05) is 0 Å². The number of carbonyl (C=O) groups excluding carboxylic acids is 1. The standard InChI is InChI=1S/C9H16O2/c1-6(2)8(7(3)10)9(4,5)11/h8,11H,1H2,2-5H3. The number of ketones is 1. The smallest absolute Gasteiger partial charge is 0.139 e. The highest BCUT2D eigenvalue weighted by Gasteiger charge is 2.30. The Bertz CT molecular complexity index is 160. The number of aliphatic hydroxyl groups is 1. The fourth-order valence-electron chi connectivity index (χ4n) is 1.45. The van der Waals surface area contributed by atoms with Gasteiger partial charge in [0.25, 0.3) is 0 Å². The number of rotatable bonds is 3. The quantitative estimate of drug-likeness (QED) is 0.629. The Kier molecular flexibility index (Phi) is 3.00. The lowest BCUT2D eigenvalue weighted by Crippen LogP contribution is -2.36. The molecule has 0 aliphatic rings. The van der Waals surface area contributed by atoms with E-state index >= 15 is 0 Å². The van der Waals surface area contributed by atoms with Crippen LogP contribution >= 0.6 is 0 Å². The first-order valence-electron chi connectivity index (χ1n) is 3.65. The first kappa shape index (κ1) is 10.4. The Hall–Kier alpha value is -0.630. The first-order chi connectivity index (χ1) is 4.76. The summed E-state index contributed by atoms with van der Waals surface area (Å²) in [6, 6.07) is 0. The minimum absolute atomic E-state index is 0.0370. The van der Waals surface area contributed by atoms with E-state index < -0.39 is 11.5 Å². The van der Waals surface area contributed by atoms with E-state index in [-0.39, 0.29) is 5.78 Å². The second-order valence-electron chi connectivity index (χ2n) is 3.54. The summed E-state index contributed by atoms with van der Waals surface area (Å²) in [4.78, 5) is 11.0. The molecule has 0 aliphatic heterocycles. The van der Waals surface area contributed by atoms with Crippen molar-refractivity contribution in [1.82, 2.24) is 0 Å². The van der Waals surface area contributed by atoms with Crippen LogP contribution in [-0.4, -0.2) is 16.5 Å². The third-order valence-corrected chi connectivity index (χ3v) is 1.61. The Balaban J connectivity index is 4.63. The molecule has 0 radical (unpaired) electrons. The summed E-state index contributed by atoms with van der Waals surface area (Å²) < 4.78 is 0. The predicted octanol–water partition coefficient (Wildman–Crippen LogP) is 1.54. The van der Waals surface area contributed by atoms with E-state index in [4.69, 9.17) is 0 Å². The molecule has 1 N–H and O–H groups in total. The highest BCUT2D eigenvalue weighted by molar-refractivity contribution is 5.82.